The van der Waals surface area contributed by atoms with Crippen molar-refractivity contribution in [2.75, 3.05) is 13.7 Å². The summed E-state index contributed by atoms with van der Waals surface area (Å²) in [7, 11) is 1.63. The minimum Gasteiger partial charge on any atom is -0.494 e. The number of amides is 1. The molecular formula is C14H15Br2NO2. The first-order valence-corrected chi connectivity index (χ1v) is 7.66. The zero-order valence-electron chi connectivity index (χ0n) is 10.6. The average Bonchev–Trinajstić information content (AvgIpc) is 2.55. The maximum absolute atomic E-state index is 11.9. The molecule has 0 spiro atoms. The Morgan fingerprint density at radius 3 is 2.68 bits per heavy atom. The van der Waals surface area contributed by atoms with Crippen LogP contribution in [-0.2, 0) is 11.2 Å². The van der Waals surface area contributed by atoms with Crippen molar-refractivity contribution in [3.8, 4) is 5.75 Å². The second kappa shape index (κ2) is 6.57. The van der Waals surface area contributed by atoms with Crippen molar-refractivity contribution in [2.45, 2.75) is 12.8 Å². The molecule has 0 bridgehead atoms. The Bertz CT molecular complexity index is 491. The maximum atomic E-state index is 11.9. The number of methoxy groups -OCH3 is 1. The molecule has 1 aliphatic rings. The van der Waals surface area contributed by atoms with Gasteiger partial charge >= 0.3 is 0 Å². The van der Waals surface area contributed by atoms with E-state index in [0.29, 0.717) is 6.42 Å². The van der Waals surface area contributed by atoms with Crippen LogP contribution in [-0.4, -0.2) is 19.6 Å². The van der Waals surface area contributed by atoms with Gasteiger partial charge in [0.2, 0.25) is 5.91 Å². The number of hydrogen-bond donors (Lipinski definition) is 1. The molecular weight excluding hydrogens is 374 g/mol. The van der Waals surface area contributed by atoms with E-state index in [1.165, 1.54) is 0 Å². The van der Waals surface area contributed by atoms with Gasteiger partial charge in [-0.05, 0) is 62.4 Å². The Hall–Kier alpha value is -0.810. The third-order valence-corrected chi connectivity index (χ3v) is 4.21. The highest BCUT2D eigenvalue weighted by molar-refractivity contribution is 9.11. The molecule has 2 rings (SSSR count). The molecule has 1 heterocycles. The fraction of sp³-hybridized carbons (Fsp3) is 0.357. The minimum absolute atomic E-state index is 0.0943. The lowest BCUT2D eigenvalue weighted by atomic mass is 9.98. The fourth-order valence-electron chi connectivity index (χ4n) is 2.10. The van der Waals surface area contributed by atoms with Gasteiger partial charge < -0.3 is 10.1 Å². The summed E-state index contributed by atoms with van der Waals surface area (Å²) in [5, 5.41) is 2.92. The number of carbonyl (C=O) groups is 1. The van der Waals surface area contributed by atoms with E-state index in [1.54, 1.807) is 7.11 Å². The first-order valence-electron chi connectivity index (χ1n) is 6.08. The van der Waals surface area contributed by atoms with Crippen LogP contribution >= 0.6 is 31.9 Å². The van der Waals surface area contributed by atoms with Crippen molar-refractivity contribution in [2.24, 2.45) is 5.92 Å². The second-order valence-electron chi connectivity index (χ2n) is 4.41. The number of hydrogen-bond acceptors (Lipinski definition) is 2. The number of ether oxygens (including phenoxy) is 1. The smallest absolute Gasteiger partial charge is 0.227 e. The lowest BCUT2D eigenvalue weighted by molar-refractivity contribution is -0.123. The third-order valence-electron chi connectivity index (χ3n) is 3.03. The molecule has 1 aromatic rings. The first-order chi connectivity index (χ1) is 9.11. The van der Waals surface area contributed by atoms with Crippen LogP contribution in [0.3, 0.4) is 0 Å². The predicted octanol–water partition coefficient (Wildman–Crippen LogP) is 3.46. The number of carbonyl (C=O) groups excluding carboxylic acids is 1. The van der Waals surface area contributed by atoms with Gasteiger partial charge in [0.1, 0.15) is 5.75 Å². The lowest BCUT2D eigenvalue weighted by Gasteiger charge is -2.13. The van der Waals surface area contributed by atoms with Crippen LogP contribution in [0, 0.1) is 5.92 Å². The van der Waals surface area contributed by atoms with Crippen LogP contribution in [0.4, 0.5) is 0 Å². The summed E-state index contributed by atoms with van der Waals surface area (Å²) in [6, 6.07) is 3.99. The van der Waals surface area contributed by atoms with Crippen molar-refractivity contribution in [3.63, 3.8) is 0 Å². The quantitative estimate of drug-likeness (QED) is 0.805. The van der Waals surface area contributed by atoms with Gasteiger partial charge in [0.25, 0.3) is 0 Å². The number of halogens is 2. The van der Waals surface area contributed by atoms with E-state index >= 15 is 0 Å². The van der Waals surface area contributed by atoms with E-state index in [1.807, 2.05) is 18.2 Å². The maximum Gasteiger partial charge on any atom is 0.227 e. The van der Waals surface area contributed by atoms with E-state index in [0.717, 1.165) is 33.2 Å². The van der Waals surface area contributed by atoms with Gasteiger partial charge in [-0.2, -0.15) is 0 Å². The van der Waals surface area contributed by atoms with Gasteiger partial charge in [-0.25, -0.2) is 0 Å². The van der Waals surface area contributed by atoms with E-state index in [2.05, 4.69) is 43.3 Å². The van der Waals surface area contributed by atoms with Crippen molar-refractivity contribution in [1.82, 2.24) is 5.32 Å². The number of rotatable bonds is 3. The molecule has 1 N–H and O–H groups in total. The Morgan fingerprint density at radius 1 is 1.37 bits per heavy atom. The van der Waals surface area contributed by atoms with Gasteiger partial charge in [-0.15, -0.1) is 0 Å². The molecule has 0 aromatic heterocycles. The summed E-state index contributed by atoms with van der Waals surface area (Å²) in [5.74, 6) is 0.760. The summed E-state index contributed by atoms with van der Waals surface area (Å²) >= 11 is 6.96. The van der Waals surface area contributed by atoms with Crippen LogP contribution in [0.5, 0.6) is 5.75 Å². The second-order valence-corrected chi connectivity index (χ2v) is 6.12. The lowest BCUT2D eigenvalue weighted by Crippen LogP contribution is -2.29. The molecule has 1 unspecified atom stereocenters. The van der Waals surface area contributed by atoms with Gasteiger partial charge in [0, 0.05) is 6.54 Å². The van der Waals surface area contributed by atoms with E-state index < -0.39 is 0 Å². The summed E-state index contributed by atoms with van der Waals surface area (Å²) in [5.41, 5.74) is 1.09. The topological polar surface area (TPSA) is 38.3 Å². The Kier molecular flexibility index (Phi) is 5.05. The van der Waals surface area contributed by atoms with Gasteiger partial charge in [-0.1, -0.05) is 12.2 Å². The highest BCUT2D eigenvalue weighted by atomic mass is 79.9. The van der Waals surface area contributed by atoms with Gasteiger partial charge in [0.05, 0.1) is 22.0 Å². The van der Waals surface area contributed by atoms with Crippen molar-refractivity contribution in [3.05, 3.63) is 38.8 Å². The standard InChI is InChI=1S/C14H15Br2NO2/c1-19-13-11(15)7-9(8-12(13)16)6-10-4-2-3-5-17-14(10)18/h2,4,7-8,10H,3,5-6H2,1H3,(H,17,18). The van der Waals surface area contributed by atoms with Gasteiger partial charge in [0.15, 0.2) is 0 Å². The number of benzene rings is 1. The van der Waals surface area contributed by atoms with Crippen molar-refractivity contribution >= 4 is 37.8 Å². The first kappa shape index (κ1) is 14.6. The number of nitrogens with one attached hydrogen (secondary N) is 1. The van der Waals surface area contributed by atoms with Crippen LogP contribution in [0.25, 0.3) is 0 Å². The van der Waals surface area contributed by atoms with Crippen LogP contribution in [0.2, 0.25) is 0 Å². The van der Waals surface area contributed by atoms with Crippen LogP contribution < -0.4 is 10.1 Å². The summed E-state index contributed by atoms with van der Waals surface area (Å²) in [6.45, 7) is 0.724. The van der Waals surface area contributed by atoms with Crippen molar-refractivity contribution < 1.29 is 9.53 Å². The summed E-state index contributed by atoms with van der Waals surface area (Å²) in [6.07, 6.45) is 5.65. The third kappa shape index (κ3) is 3.60. The van der Waals surface area contributed by atoms with Crippen LogP contribution in [0.15, 0.2) is 33.2 Å². The Labute approximate surface area is 129 Å². The fourth-order valence-corrected chi connectivity index (χ4v) is 3.70. The Morgan fingerprint density at radius 2 is 2.05 bits per heavy atom. The highest BCUT2D eigenvalue weighted by Crippen LogP contribution is 2.35. The molecule has 102 valence electrons. The van der Waals surface area contributed by atoms with E-state index in [4.69, 9.17) is 4.74 Å². The minimum atomic E-state index is -0.102. The molecule has 0 saturated carbocycles. The molecule has 0 fully saturated rings. The average molecular weight is 389 g/mol. The molecule has 0 radical (unpaired) electrons. The van der Waals surface area contributed by atoms with Crippen molar-refractivity contribution in [1.29, 1.82) is 0 Å². The molecule has 5 heteroatoms. The molecule has 19 heavy (non-hydrogen) atoms. The Balaban J connectivity index is 2.21. The normalized spacial score (nSPS) is 18.9. The molecule has 1 aliphatic heterocycles. The molecule has 3 nitrogen and oxygen atoms in total. The van der Waals surface area contributed by atoms with E-state index in [9.17, 15) is 4.79 Å². The van der Waals surface area contributed by atoms with Gasteiger partial charge in [-0.3, -0.25) is 4.79 Å². The zero-order valence-corrected chi connectivity index (χ0v) is 13.8. The highest BCUT2D eigenvalue weighted by Gasteiger charge is 2.18. The predicted molar refractivity (Wildman–Crippen MR) is 82.4 cm³/mol. The molecule has 1 aromatic carbocycles. The molecule has 1 atom stereocenters. The van der Waals surface area contributed by atoms with Crippen LogP contribution in [0.1, 0.15) is 12.0 Å². The monoisotopic (exact) mass is 387 g/mol. The molecule has 0 saturated heterocycles. The zero-order chi connectivity index (χ0) is 13.8. The largest absolute Gasteiger partial charge is 0.494 e. The molecule has 1 amide bonds. The van der Waals surface area contributed by atoms with E-state index in [-0.39, 0.29) is 11.8 Å². The summed E-state index contributed by atoms with van der Waals surface area (Å²) < 4.78 is 7.05. The SMILES string of the molecule is COc1c(Br)cc(CC2C=CCCNC2=O)cc1Br. The summed E-state index contributed by atoms with van der Waals surface area (Å²) in [4.78, 5) is 11.9. The molecule has 0 aliphatic carbocycles.